The van der Waals surface area contributed by atoms with Crippen LogP contribution in [-0.4, -0.2) is 18.2 Å². The smallest absolute Gasteiger partial charge is 0.280 e. The summed E-state index contributed by atoms with van der Waals surface area (Å²) in [5, 5.41) is 3.89. The van der Waals surface area contributed by atoms with Gasteiger partial charge in [0.2, 0.25) is 5.82 Å². The lowest BCUT2D eigenvalue weighted by atomic mass is 10.1. The number of carbonyl (C=O) groups is 1. The molecule has 0 saturated carbocycles. The molecule has 31 heavy (non-hydrogen) atoms. The van der Waals surface area contributed by atoms with Crippen molar-refractivity contribution in [1.82, 2.24) is 0 Å². The molecule has 0 atom stereocenters. The molecule has 0 unspecified atom stereocenters. The molecule has 0 aromatic heterocycles. The lowest BCUT2D eigenvalue weighted by Crippen LogP contribution is -2.25. The number of amides is 1. The number of halogens is 6. The molecule has 0 saturated heterocycles. The highest BCUT2D eigenvalue weighted by atomic mass is 79.9. The van der Waals surface area contributed by atoms with Gasteiger partial charge in [-0.1, -0.05) is 29.8 Å². The summed E-state index contributed by atoms with van der Waals surface area (Å²) >= 11 is 3.32. The van der Waals surface area contributed by atoms with Gasteiger partial charge in [-0.3, -0.25) is 4.79 Å². The fourth-order valence-corrected chi connectivity index (χ4v) is 3.17. The van der Waals surface area contributed by atoms with Gasteiger partial charge < -0.3 is 4.74 Å². The number of rotatable bonds is 5. The van der Waals surface area contributed by atoms with Gasteiger partial charge in [0.25, 0.3) is 5.91 Å². The van der Waals surface area contributed by atoms with E-state index in [-0.39, 0.29) is 22.2 Å². The molecule has 1 aliphatic heterocycles. The Hall–Kier alpha value is -2.75. The Morgan fingerprint density at radius 1 is 1.06 bits per heavy atom. The number of carbonyl (C=O) groups excluding carboxylic acids is 1. The molecule has 0 aliphatic carbocycles. The molecule has 1 amide bonds. The van der Waals surface area contributed by atoms with Gasteiger partial charge in [-0.05, 0) is 37.1 Å². The van der Waals surface area contributed by atoms with E-state index in [1.54, 1.807) is 18.2 Å². The molecule has 2 aromatic carbocycles. The quantitative estimate of drug-likeness (QED) is 0.218. The number of nitrogens with zero attached hydrogens (tertiary/aromatic N) is 2. The molecule has 10 heteroatoms. The average Bonchev–Trinajstić information content (AvgIpc) is 2.98. The number of hydrogen-bond acceptors (Lipinski definition) is 3. The first kappa shape index (κ1) is 22.9. The predicted octanol–water partition coefficient (Wildman–Crippen LogP) is 5.99. The predicted molar refractivity (Wildman–Crippen MR) is 109 cm³/mol. The SMILES string of the molecule is CC1=NN(c2c(F)c(F)c(F)c(F)c2F)C(=O)/C1=C\c1cc(Br)ccc1OCC(C)C. The van der Waals surface area contributed by atoms with Gasteiger partial charge in [0.05, 0.1) is 17.9 Å². The third kappa shape index (κ3) is 4.34. The first-order chi connectivity index (χ1) is 14.5. The summed E-state index contributed by atoms with van der Waals surface area (Å²) in [5.74, 6) is -11.3. The largest absolute Gasteiger partial charge is 0.493 e. The Balaban J connectivity index is 2.06. The maximum absolute atomic E-state index is 14.2. The molecule has 3 rings (SSSR count). The Labute approximate surface area is 183 Å². The van der Waals surface area contributed by atoms with E-state index < -0.39 is 40.7 Å². The van der Waals surface area contributed by atoms with E-state index in [1.807, 2.05) is 13.8 Å². The van der Waals surface area contributed by atoms with Crippen LogP contribution < -0.4 is 9.75 Å². The second kappa shape index (κ2) is 8.78. The molecule has 164 valence electrons. The molecule has 4 nitrogen and oxygen atoms in total. The van der Waals surface area contributed by atoms with Crippen molar-refractivity contribution in [3.63, 3.8) is 0 Å². The molecule has 1 aliphatic rings. The third-order valence-corrected chi connectivity index (χ3v) is 4.80. The van der Waals surface area contributed by atoms with Crippen LogP contribution in [0.25, 0.3) is 6.08 Å². The highest BCUT2D eigenvalue weighted by Crippen LogP contribution is 2.35. The van der Waals surface area contributed by atoms with Crippen LogP contribution in [0.4, 0.5) is 27.6 Å². The van der Waals surface area contributed by atoms with Crippen molar-refractivity contribution in [2.45, 2.75) is 20.8 Å². The van der Waals surface area contributed by atoms with Crippen molar-refractivity contribution in [1.29, 1.82) is 0 Å². The zero-order valence-electron chi connectivity index (χ0n) is 16.6. The topological polar surface area (TPSA) is 41.9 Å². The first-order valence-electron chi connectivity index (χ1n) is 9.08. The maximum atomic E-state index is 14.2. The lowest BCUT2D eigenvalue weighted by molar-refractivity contribution is -0.114. The van der Waals surface area contributed by atoms with Crippen molar-refractivity contribution in [3.05, 3.63) is 62.9 Å². The second-order valence-electron chi connectivity index (χ2n) is 7.17. The molecule has 2 aromatic rings. The second-order valence-corrected chi connectivity index (χ2v) is 8.08. The van der Waals surface area contributed by atoms with E-state index >= 15 is 0 Å². The summed E-state index contributed by atoms with van der Waals surface area (Å²) in [6.07, 6.45) is 1.38. The van der Waals surface area contributed by atoms with Crippen LogP contribution in [0.5, 0.6) is 5.75 Å². The van der Waals surface area contributed by atoms with Crippen LogP contribution >= 0.6 is 15.9 Å². The first-order valence-corrected chi connectivity index (χ1v) is 9.87. The average molecular weight is 503 g/mol. The molecule has 1 heterocycles. The van der Waals surface area contributed by atoms with Crippen LogP contribution in [0, 0.1) is 35.0 Å². The van der Waals surface area contributed by atoms with Crippen LogP contribution in [-0.2, 0) is 4.79 Å². The minimum Gasteiger partial charge on any atom is -0.493 e. The van der Waals surface area contributed by atoms with Gasteiger partial charge in [0, 0.05) is 10.0 Å². The number of ether oxygens (including phenoxy) is 1. The number of anilines is 1. The Bertz CT molecular complexity index is 1100. The molecule has 0 radical (unpaired) electrons. The van der Waals surface area contributed by atoms with Gasteiger partial charge in [-0.25, -0.2) is 22.0 Å². The molecular formula is C21H16BrF5N2O2. The highest BCUT2D eigenvalue weighted by molar-refractivity contribution is 9.10. The fourth-order valence-electron chi connectivity index (χ4n) is 2.79. The molecular weight excluding hydrogens is 487 g/mol. The molecule has 0 spiro atoms. The van der Waals surface area contributed by atoms with E-state index in [2.05, 4.69) is 21.0 Å². The Morgan fingerprint density at radius 2 is 1.65 bits per heavy atom. The number of hydrogen-bond donors (Lipinski definition) is 0. The minimum atomic E-state index is -2.32. The van der Waals surface area contributed by atoms with Crippen LogP contribution in [0.15, 0.2) is 33.3 Å². The number of hydrazone groups is 1. The number of benzene rings is 2. The van der Waals surface area contributed by atoms with Gasteiger partial charge >= 0.3 is 0 Å². The van der Waals surface area contributed by atoms with E-state index in [1.165, 1.54) is 13.0 Å². The van der Waals surface area contributed by atoms with Gasteiger partial charge in [-0.2, -0.15) is 10.1 Å². The third-order valence-electron chi connectivity index (χ3n) is 4.30. The van der Waals surface area contributed by atoms with E-state index in [9.17, 15) is 26.7 Å². The molecule has 0 fully saturated rings. The zero-order chi connectivity index (χ0) is 23.0. The highest BCUT2D eigenvalue weighted by Gasteiger charge is 2.37. The van der Waals surface area contributed by atoms with E-state index in [0.29, 0.717) is 22.4 Å². The Kier molecular flexibility index (Phi) is 6.49. The van der Waals surface area contributed by atoms with E-state index in [4.69, 9.17) is 4.74 Å². The summed E-state index contributed by atoms with van der Waals surface area (Å²) in [4.78, 5) is 12.8. The summed E-state index contributed by atoms with van der Waals surface area (Å²) in [7, 11) is 0. The normalized spacial score (nSPS) is 15.3. The van der Waals surface area contributed by atoms with Crippen molar-refractivity contribution < 1.29 is 31.5 Å². The zero-order valence-corrected chi connectivity index (χ0v) is 18.2. The van der Waals surface area contributed by atoms with Gasteiger partial charge in [-0.15, -0.1) is 0 Å². The van der Waals surface area contributed by atoms with Crippen molar-refractivity contribution in [3.8, 4) is 5.75 Å². The van der Waals surface area contributed by atoms with Crippen molar-refractivity contribution in [2.75, 3.05) is 11.6 Å². The molecule has 0 bridgehead atoms. The van der Waals surface area contributed by atoms with Crippen LogP contribution in [0.1, 0.15) is 26.3 Å². The van der Waals surface area contributed by atoms with Crippen LogP contribution in [0.2, 0.25) is 0 Å². The fraction of sp³-hybridized carbons (Fsp3) is 0.238. The van der Waals surface area contributed by atoms with Gasteiger partial charge in [0.1, 0.15) is 11.4 Å². The Morgan fingerprint density at radius 3 is 2.23 bits per heavy atom. The summed E-state index contributed by atoms with van der Waals surface area (Å²) in [6, 6.07) is 5.06. The summed E-state index contributed by atoms with van der Waals surface area (Å²) in [6.45, 7) is 5.68. The summed E-state index contributed by atoms with van der Waals surface area (Å²) < 4.78 is 75.3. The monoisotopic (exact) mass is 502 g/mol. The van der Waals surface area contributed by atoms with Crippen molar-refractivity contribution >= 4 is 39.3 Å². The van der Waals surface area contributed by atoms with Gasteiger partial charge in [0.15, 0.2) is 23.3 Å². The van der Waals surface area contributed by atoms with Crippen LogP contribution in [0.3, 0.4) is 0 Å². The van der Waals surface area contributed by atoms with Crippen molar-refractivity contribution in [2.24, 2.45) is 11.0 Å². The molecule has 0 N–H and O–H groups in total. The maximum Gasteiger partial charge on any atom is 0.280 e. The summed E-state index contributed by atoms with van der Waals surface area (Å²) in [5.41, 5.74) is -1.03. The standard InChI is InChI=1S/C21H16BrF5N2O2/c1-9(2)8-31-14-5-4-12(22)6-11(14)7-13-10(3)28-29(21(13)30)20-18(26)16(24)15(23)17(25)19(20)27/h4-7,9H,8H2,1-3H3/b13-7-. The minimum absolute atomic E-state index is 0.0312. The lowest BCUT2D eigenvalue weighted by Gasteiger charge is -2.15. The van der Waals surface area contributed by atoms with E-state index in [0.717, 1.165) is 0 Å².